The van der Waals surface area contributed by atoms with Gasteiger partial charge >= 0.3 is 0 Å². The van der Waals surface area contributed by atoms with Crippen LogP contribution in [0, 0.1) is 12.9 Å². The summed E-state index contributed by atoms with van der Waals surface area (Å²) >= 11 is 0. The van der Waals surface area contributed by atoms with Gasteiger partial charge in [0.25, 0.3) is 0 Å². The fraction of sp³-hybridized carbons (Fsp3) is 0.300. The smallest absolute Gasteiger partial charge is 0.217 e. The number of fused-ring (bicyclic) bond motifs is 1. The van der Waals surface area contributed by atoms with E-state index >= 15 is 0 Å². The highest BCUT2D eigenvalue weighted by Gasteiger charge is 2.10. The molecule has 0 bridgehead atoms. The molecule has 1 heterocycles. The summed E-state index contributed by atoms with van der Waals surface area (Å²) in [6.45, 7) is 4.01. The van der Waals surface area contributed by atoms with Crippen LogP contribution in [0.5, 0.6) is 0 Å². The lowest BCUT2D eigenvalue weighted by molar-refractivity contribution is 0.587. The molecule has 1 N–H and O–H groups in total. The van der Waals surface area contributed by atoms with Crippen molar-refractivity contribution < 1.29 is 4.39 Å². The second-order valence-electron chi connectivity index (χ2n) is 3.15. The van der Waals surface area contributed by atoms with Crippen LogP contribution in [0.2, 0.25) is 0 Å². The predicted octanol–water partition coefficient (Wildman–Crippen LogP) is 2.57. The molecule has 0 saturated carbocycles. The van der Waals surface area contributed by atoms with Gasteiger partial charge in [-0.05, 0) is 30.5 Å². The van der Waals surface area contributed by atoms with Gasteiger partial charge in [0.2, 0.25) is 5.95 Å². The van der Waals surface area contributed by atoms with Gasteiger partial charge in [0.05, 0.1) is 10.9 Å². The van der Waals surface area contributed by atoms with E-state index in [2.05, 4.69) is 10.2 Å². The van der Waals surface area contributed by atoms with E-state index in [9.17, 15) is 4.39 Å². The molecule has 0 fully saturated rings. The number of aryl methyl sites for hydroxylation is 2. The minimum Gasteiger partial charge on any atom is -0.252 e. The largest absolute Gasteiger partial charge is 0.252 e. The molecule has 0 spiro atoms. The molecule has 68 valence electrons. The van der Waals surface area contributed by atoms with Gasteiger partial charge < -0.3 is 0 Å². The summed E-state index contributed by atoms with van der Waals surface area (Å²) in [5, 5.41) is 6.87. The zero-order valence-corrected chi connectivity index (χ0v) is 7.69. The van der Waals surface area contributed by atoms with Gasteiger partial charge in [-0.25, -0.2) is 0 Å². The average molecular weight is 178 g/mol. The molecule has 13 heavy (non-hydrogen) atoms. The molecule has 0 amide bonds. The van der Waals surface area contributed by atoms with Gasteiger partial charge in [-0.3, -0.25) is 5.10 Å². The third-order valence-corrected chi connectivity index (χ3v) is 2.37. The van der Waals surface area contributed by atoms with Gasteiger partial charge in [0.15, 0.2) is 0 Å². The zero-order valence-electron chi connectivity index (χ0n) is 7.69. The molecular weight excluding hydrogens is 167 g/mol. The molecule has 1 aromatic carbocycles. The first-order chi connectivity index (χ1) is 6.24. The van der Waals surface area contributed by atoms with Crippen molar-refractivity contribution in [3.8, 4) is 0 Å². The van der Waals surface area contributed by atoms with Crippen molar-refractivity contribution >= 4 is 10.9 Å². The van der Waals surface area contributed by atoms with Gasteiger partial charge in [-0.15, -0.1) is 0 Å². The van der Waals surface area contributed by atoms with Crippen LogP contribution in [0.1, 0.15) is 18.1 Å². The molecule has 0 saturated heterocycles. The van der Waals surface area contributed by atoms with Crippen LogP contribution in [-0.2, 0) is 6.42 Å². The third-order valence-electron chi connectivity index (χ3n) is 2.37. The summed E-state index contributed by atoms with van der Waals surface area (Å²) in [4.78, 5) is 0. The number of benzene rings is 1. The number of nitrogens with one attached hydrogen (secondary N) is 1. The average Bonchev–Trinajstić information content (AvgIpc) is 2.49. The molecule has 0 atom stereocenters. The molecule has 0 aliphatic carbocycles. The standard InChI is InChI=1S/C10H11FN2/c1-3-7-6(2)4-5-8-9(7)10(11)13-12-8/h4-5H,3H2,1-2H3,(H,12,13). The maximum absolute atomic E-state index is 13.3. The molecule has 2 nitrogen and oxygen atoms in total. The second kappa shape index (κ2) is 2.83. The lowest BCUT2D eigenvalue weighted by atomic mass is 10.0. The Kier molecular flexibility index (Phi) is 1.79. The summed E-state index contributed by atoms with van der Waals surface area (Å²) in [6, 6.07) is 3.81. The predicted molar refractivity (Wildman–Crippen MR) is 50.2 cm³/mol. The van der Waals surface area contributed by atoms with E-state index in [-0.39, 0.29) is 5.95 Å². The van der Waals surface area contributed by atoms with Crippen LogP contribution in [0.25, 0.3) is 10.9 Å². The monoisotopic (exact) mass is 178 g/mol. The van der Waals surface area contributed by atoms with E-state index in [1.165, 1.54) is 0 Å². The molecule has 0 aliphatic heterocycles. The van der Waals surface area contributed by atoms with Gasteiger partial charge in [0.1, 0.15) is 0 Å². The Labute approximate surface area is 75.8 Å². The fourth-order valence-electron chi connectivity index (χ4n) is 1.70. The van der Waals surface area contributed by atoms with Gasteiger partial charge in [0, 0.05) is 0 Å². The Morgan fingerprint density at radius 3 is 2.92 bits per heavy atom. The first-order valence-electron chi connectivity index (χ1n) is 4.36. The third kappa shape index (κ3) is 1.11. The van der Waals surface area contributed by atoms with Crippen LogP contribution < -0.4 is 0 Å². The van der Waals surface area contributed by atoms with Crippen molar-refractivity contribution in [2.45, 2.75) is 20.3 Å². The Balaban J connectivity index is 2.88. The summed E-state index contributed by atoms with van der Waals surface area (Å²) in [5.41, 5.74) is 2.87. The van der Waals surface area contributed by atoms with Crippen LogP contribution in [0.15, 0.2) is 12.1 Å². The Bertz CT molecular complexity index is 445. The summed E-state index contributed by atoms with van der Waals surface area (Å²) in [6.07, 6.45) is 0.833. The maximum atomic E-state index is 13.3. The molecule has 0 radical (unpaired) electrons. The van der Waals surface area contributed by atoms with Crippen molar-refractivity contribution in [1.82, 2.24) is 10.2 Å². The summed E-state index contributed by atoms with van der Waals surface area (Å²) < 4.78 is 13.3. The Morgan fingerprint density at radius 1 is 1.46 bits per heavy atom. The van der Waals surface area contributed by atoms with E-state index in [1.54, 1.807) is 0 Å². The van der Waals surface area contributed by atoms with E-state index in [1.807, 2.05) is 26.0 Å². The highest BCUT2D eigenvalue weighted by molar-refractivity contribution is 5.83. The summed E-state index contributed by atoms with van der Waals surface area (Å²) in [5.74, 6) is -0.324. The second-order valence-corrected chi connectivity index (χ2v) is 3.15. The number of H-pyrrole nitrogens is 1. The topological polar surface area (TPSA) is 28.7 Å². The van der Waals surface area contributed by atoms with Crippen molar-refractivity contribution in [3.63, 3.8) is 0 Å². The maximum Gasteiger partial charge on any atom is 0.217 e. The van der Waals surface area contributed by atoms with Crippen LogP contribution in [0.4, 0.5) is 4.39 Å². The van der Waals surface area contributed by atoms with E-state index < -0.39 is 0 Å². The molecule has 0 aliphatic rings. The molecule has 2 rings (SSSR count). The summed E-state index contributed by atoms with van der Waals surface area (Å²) in [7, 11) is 0. The van der Waals surface area contributed by atoms with Gasteiger partial charge in [-0.1, -0.05) is 13.0 Å². The Morgan fingerprint density at radius 2 is 2.23 bits per heavy atom. The lowest BCUT2D eigenvalue weighted by Crippen LogP contribution is -1.88. The lowest BCUT2D eigenvalue weighted by Gasteiger charge is -2.02. The van der Waals surface area contributed by atoms with E-state index in [0.717, 1.165) is 17.5 Å². The van der Waals surface area contributed by atoms with Crippen LogP contribution >= 0.6 is 0 Å². The number of nitrogens with zero attached hydrogens (tertiary/aromatic N) is 1. The van der Waals surface area contributed by atoms with Crippen molar-refractivity contribution in [2.24, 2.45) is 0 Å². The number of halogens is 1. The van der Waals surface area contributed by atoms with E-state index in [0.29, 0.717) is 10.9 Å². The molecule has 0 unspecified atom stereocenters. The first kappa shape index (κ1) is 8.23. The first-order valence-corrected chi connectivity index (χ1v) is 4.36. The number of rotatable bonds is 1. The number of hydrogen-bond acceptors (Lipinski definition) is 1. The van der Waals surface area contributed by atoms with Crippen molar-refractivity contribution in [3.05, 3.63) is 29.2 Å². The highest BCUT2D eigenvalue weighted by atomic mass is 19.1. The number of aromatic amines is 1. The van der Waals surface area contributed by atoms with Crippen molar-refractivity contribution in [1.29, 1.82) is 0 Å². The van der Waals surface area contributed by atoms with Crippen molar-refractivity contribution in [2.75, 3.05) is 0 Å². The van der Waals surface area contributed by atoms with Crippen LogP contribution in [0.3, 0.4) is 0 Å². The molecular formula is C10H11FN2. The number of hydrogen-bond donors (Lipinski definition) is 1. The quantitative estimate of drug-likeness (QED) is 0.714. The number of aromatic nitrogens is 2. The minimum atomic E-state index is -0.324. The SMILES string of the molecule is CCc1c(C)ccc2n[nH]c(F)c12. The molecule has 2 aromatic rings. The fourth-order valence-corrected chi connectivity index (χ4v) is 1.70. The Hall–Kier alpha value is -1.38. The molecule has 1 aromatic heterocycles. The minimum absolute atomic E-state index is 0.324. The van der Waals surface area contributed by atoms with Crippen LogP contribution in [-0.4, -0.2) is 10.2 Å². The molecule has 3 heteroatoms. The normalized spacial score (nSPS) is 11.0. The highest BCUT2D eigenvalue weighted by Crippen LogP contribution is 2.23. The van der Waals surface area contributed by atoms with E-state index in [4.69, 9.17) is 0 Å². The zero-order chi connectivity index (χ0) is 9.42. The van der Waals surface area contributed by atoms with Gasteiger partial charge in [-0.2, -0.15) is 9.49 Å².